The van der Waals surface area contributed by atoms with Crippen molar-refractivity contribution in [1.29, 1.82) is 0 Å². The molecule has 0 aliphatic heterocycles. The van der Waals surface area contributed by atoms with Crippen molar-refractivity contribution in [3.05, 3.63) is 34.1 Å². The minimum absolute atomic E-state index is 0.194. The van der Waals surface area contributed by atoms with Crippen molar-refractivity contribution in [3.63, 3.8) is 0 Å². The molecule has 1 unspecified atom stereocenters. The summed E-state index contributed by atoms with van der Waals surface area (Å²) in [6, 6.07) is 5.16. The van der Waals surface area contributed by atoms with Crippen LogP contribution in [0.4, 0.5) is 5.82 Å². The summed E-state index contributed by atoms with van der Waals surface area (Å²) in [5, 5.41) is 18.2. The quantitative estimate of drug-likeness (QED) is 0.770. The zero-order chi connectivity index (χ0) is 15.4. The van der Waals surface area contributed by atoms with Gasteiger partial charge in [-0.2, -0.15) is 0 Å². The maximum absolute atomic E-state index is 9.42. The second-order valence-electron chi connectivity index (χ2n) is 4.49. The molecule has 21 heavy (non-hydrogen) atoms. The van der Waals surface area contributed by atoms with Crippen LogP contribution in [0.1, 0.15) is 12.2 Å². The van der Waals surface area contributed by atoms with Gasteiger partial charge in [-0.25, -0.2) is 4.98 Å². The molecule has 2 rings (SSSR count). The van der Waals surface area contributed by atoms with Gasteiger partial charge in [-0.1, -0.05) is 35.3 Å². The van der Waals surface area contributed by atoms with Gasteiger partial charge in [0.05, 0.1) is 16.1 Å². The lowest BCUT2D eigenvalue weighted by Gasteiger charge is -2.09. The molecule has 0 saturated carbocycles. The van der Waals surface area contributed by atoms with Crippen LogP contribution in [0.15, 0.2) is 18.2 Å². The number of hydrogen-bond acceptors (Lipinski definition) is 6. The van der Waals surface area contributed by atoms with Gasteiger partial charge in [0.2, 0.25) is 0 Å². The van der Waals surface area contributed by atoms with Crippen LogP contribution in [-0.2, 0) is 6.42 Å². The van der Waals surface area contributed by atoms with Crippen LogP contribution in [0.3, 0.4) is 0 Å². The van der Waals surface area contributed by atoms with E-state index in [1.54, 1.807) is 18.2 Å². The molecular weight excluding hydrogens is 313 g/mol. The predicted molar refractivity (Wildman–Crippen MR) is 83.1 cm³/mol. The lowest BCUT2D eigenvalue weighted by atomic mass is 10.1. The van der Waals surface area contributed by atoms with E-state index in [0.717, 1.165) is 0 Å². The van der Waals surface area contributed by atoms with Crippen molar-refractivity contribution >= 4 is 29.0 Å². The van der Waals surface area contributed by atoms with Gasteiger partial charge >= 0.3 is 0 Å². The minimum atomic E-state index is -0.586. The molecule has 0 saturated heterocycles. The molecule has 0 bridgehead atoms. The van der Waals surface area contributed by atoms with Crippen molar-refractivity contribution < 1.29 is 5.11 Å². The molecular formula is C13H15Cl2N5O. The molecule has 112 valence electrons. The Kier molecular flexibility index (Phi) is 5.30. The van der Waals surface area contributed by atoms with Gasteiger partial charge in [0.25, 0.3) is 0 Å². The van der Waals surface area contributed by atoms with E-state index in [9.17, 15) is 5.11 Å². The molecule has 2 aromatic rings. The fraction of sp³-hybridized carbons (Fsp3) is 0.308. The van der Waals surface area contributed by atoms with Crippen LogP contribution < -0.4 is 11.5 Å². The third-order valence-electron chi connectivity index (χ3n) is 2.94. The maximum Gasteiger partial charge on any atom is 0.154 e. The number of nitrogen functional groups attached to an aromatic ring is 1. The van der Waals surface area contributed by atoms with E-state index in [0.29, 0.717) is 40.0 Å². The predicted octanol–water partition coefficient (Wildman–Crippen LogP) is 1.68. The number of aliphatic hydroxyl groups is 1. The van der Waals surface area contributed by atoms with Crippen LogP contribution in [0.5, 0.6) is 0 Å². The van der Waals surface area contributed by atoms with Gasteiger partial charge in [0.15, 0.2) is 11.6 Å². The van der Waals surface area contributed by atoms with Crippen LogP contribution >= 0.6 is 23.2 Å². The second kappa shape index (κ2) is 7.00. The third-order valence-corrected chi connectivity index (χ3v) is 3.76. The largest absolute Gasteiger partial charge is 0.392 e. The highest BCUT2D eigenvalue weighted by atomic mass is 35.5. The Morgan fingerprint density at radius 1 is 1.24 bits per heavy atom. The smallest absolute Gasteiger partial charge is 0.154 e. The van der Waals surface area contributed by atoms with Gasteiger partial charge in [0, 0.05) is 18.5 Å². The number of anilines is 1. The highest BCUT2D eigenvalue weighted by Gasteiger charge is 2.14. The van der Waals surface area contributed by atoms with Gasteiger partial charge < -0.3 is 16.6 Å². The van der Waals surface area contributed by atoms with Crippen molar-refractivity contribution in [2.45, 2.75) is 18.9 Å². The number of aliphatic hydroxyl groups excluding tert-OH is 1. The molecule has 5 N–H and O–H groups in total. The Morgan fingerprint density at radius 2 is 2.00 bits per heavy atom. The van der Waals surface area contributed by atoms with Gasteiger partial charge in [0.1, 0.15) is 5.69 Å². The molecule has 0 aliphatic rings. The molecule has 1 aromatic carbocycles. The molecule has 0 aliphatic carbocycles. The average Bonchev–Trinajstić information content (AvgIpc) is 2.48. The van der Waals surface area contributed by atoms with Crippen LogP contribution in [0.25, 0.3) is 11.3 Å². The average molecular weight is 328 g/mol. The molecule has 0 amide bonds. The highest BCUT2D eigenvalue weighted by Crippen LogP contribution is 2.34. The number of hydrogen-bond donors (Lipinski definition) is 3. The van der Waals surface area contributed by atoms with Crippen molar-refractivity contribution in [2.24, 2.45) is 5.73 Å². The maximum atomic E-state index is 9.42. The topological polar surface area (TPSA) is 111 Å². The first kappa shape index (κ1) is 15.9. The van der Waals surface area contributed by atoms with E-state index in [2.05, 4.69) is 15.2 Å². The Bertz CT molecular complexity index is 638. The van der Waals surface area contributed by atoms with E-state index in [1.165, 1.54) is 0 Å². The van der Waals surface area contributed by atoms with E-state index in [-0.39, 0.29) is 12.4 Å². The molecule has 6 nitrogen and oxygen atoms in total. The SMILES string of the molecule is NCC(O)CCc1nnc(-c2cccc(Cl)c2Cl)c(N)n1. The van der Waals surface area contributed by atoms with Crippen molar-refractivity contribution in [1.82, 2.24) is 15.2 Å². The summed E-state index contributed by atoms with van der Waals surface area (Å²) in [6.45, 7) is 0.194. The Hall–Kier alpha value is -1.47. The summed E-state index contributed by atoms with van der Waals surface area (Å²) in [6.07, 6.45) is 0.311. The number of nitrogens with two attached hydrogens (primary N) is 2. The fourth-order valence-electron chi connectivity index (χ4n) is 1.77. The second-order valence-corrected chi connectivity index (χ2v) is 5.28. The molecule has 0 radical (unpaired) electrons. The lowest BCUT2D eigenvalue weighted by molar-refractivity contribution is 0.172. The number of aromatic nitrogens is 3. The monoisotopic (exact) mass is 327 g/mol. The number of nitrogens with zero attached hydrogens (tertiary/aromatic N) is 3. The number of aryl methyl sites for hydroxylation is 1. The Labute approximate surface area is 132 Å². The molecule has 0 spiro atoms. The standard InChI is InChI=1S/C13H15Cl2N5O/c14-9-3-1-2-8(11(9)15)12-13(17)18-10(19-20-12)5-4-7(21)6-16/h1-3,7,21H,4-6,16H2,(H2,17,18,19). The van der Waals surface area contributed by atoms with Gasteiger partial charge in [-0.15, -0.1) is 10.2 Å². The number of rotatable bonds is 5. The third kappa shape index (κ3) is 3.79. The van der Waals surface area contributed by atoms with Crippen molar-refractivity contribution in [3.8, 4) is 11.3 Å². The van der Waals surface area contributed by atoms with E-state index < -0.39 is 6.10 Å². The lowest BCUT2D eigenvalue weighted by Crippen LogP contribution is -2.20. The molecule has 1 heterocycles. The van der Waals surface area contributed by atoms with Crippen LogP contribution in [-0.4, -0.2) is 32.9 Å². The summed E-state index contributed by atoms with van der Waals surface area (Å²) in [5.74, 6) is 0.660. The summed E-state index contributed by atoms with van der Waals surface area (Å²) < 4.78 is 0. The number of halogens is 2. The first-order chi connectivity index (χ1) is 10.0. The zero-order valence-corrected chi connectivity index (χ0v) is 12.6. The highest BCUT2D eigenvalue weighted by molar-refractivity contribution is 6.43. The minimum Gasteiger partial charge on any atom is -0.392 e. The van der Waals surface area contributed by atoms with E-state index >= 15 is 0 Å². The normalized spacial score (nSPS) is 12.4. The first-order valence-corrected chi connectivity index (χ1v) is 7.10. The summed E-state index contributed by atoms with van der Waals surface area (Å²) in [5.41, 5.74) is 12.2. The summed E-state index contributed by atoms with van der Waals surface area (Å²) >= 11 is 12.1. The molecule has 8 heteroatoms. The molecule has 1 atom stereocenters. The number of benzene rings is 1. The Balaban J connectivity index is 2.25. The zero-order valence-electron chi connectivity index (χ0n) is 11.1. The van der Waals surface area contributed by atoms with Crippen LogP contribution in [0, 0.1) is 0 Å². The van der Waals surface area contributed by atoms with Crippen molar-refractivity contribution in [2.75, 3.05) is 12.3 Å². The first-order valence-electron chi connectivity index (χ1n) is 6.34. The van der Waals surface area contributed by atoms with Crippen LogP contribution in [0.2, 0.25) is 10.0 Å². The summed E-state index contributed by atoms with van der Waals surface area (Å²) in [7, 11) is 0. The van der Waals surface area contributed by atoms with E-state index in [1.807, 2.05) is 0 Å². The van der Waals surface area contributed by atoms with E-state index in [4.69, 9.17) is 34.7 Å². The molecule has 0 fully saturated rings. The fourth-order valence-corrected chi connectivity index (χ4v) is 2.16. The Morgan fingerprint density at radius 3 is 2.67 bits per heavy atom. The van der Waals surface area contributed by atoms with Gasteiger partial charge in [-0.05, 0) is 12.5 Å². The van der Waals surface area contributed by atoms with Gasteiger partial charge in [-0.3, -0.25) is 0 Å². The summed E-state index contributed by atoms with van der Waals surface area (Å²) in [4.78, 5) is 4.18. The molecule has 1 aromatic heterocycles.